The Morgan fingerprint density at radius 3 is 1.48 bits per heavy atom. The smallest absolute Gasteiger partial charge is 0.463 e. The van der Waals surface area contributed by atoms with Gasteiger partial charge >= 0.3 is 19.8 Å². The van der Waals surface area contributed by atoms with Crippen LogP contribution in [-0.2, 0) is 37.2 Å². The van der Waals surface area contributed by atoms with Crippen LogP contribution in [0.4, 0.5) is 0 Å². The van der Waals surface area contributed by atoms with Gasteiger partial charge in [0.25, 0.3) is 0 Å². The number of carbonyl (C=O) groups excluding carboxylic acids is 2. The number of hydrogen-bond donors (Lipinski definition) is 0. The molecule has 0 aromatic rings. The highest BCUT2D eigenvalue weighted by Crippen LogP contribution is 2.49. The van der Waals surface area contributed by atoms with E-state index in [1.807, 2.05) is 6.92 Å². The van der Waals surface area contributed by atoms with Crippen molar-refractivity contribution in [3.8, 4) is 0 Å². The zero-order valence-electron chi connectivity index (χ0n) is 16.1. The van der Waals surface area contributed by atoms with Gasteiger partial charge in [0.1, 0.15) is 0 Å². The molecule has 8 nitrogen and oxygen atoms in total. The lowest BCUT2D eigenvalue weighted by Gasteiger charge is -2.18. The molecule has 9 heteroatoms. The van der Waals surface area contributed by atoms with Crippen LogP contribution in [0.2, 0.25) is 0 Å². The van der Waals surface area contributed by atoms with Gasteiger partial charge in [-0.3, -0.25) is 13.6 Å². The lowest BCUT2D eigenvalue weighted by Crippen LogP contribution is -2.07. The largest absolute Gasteiger partial charge is 0.474 e. The molecule has 0 aromatic heterocycles. The van der Waals surface area contributed by atoms with Crippen LogP contribution in [0.3, 0.4) is 0 Å². The van der Waals surface area contributed by atoms with E-state index in [1.54, 1.807) is 0 Å². The van der Waals surface area contributed by atoms with E-state index >= 15 is 0 Å². The zero-order chi connectivity index (χ0) is 20.4. The van der Waals surface area contributed by atoms with Gasteiger partial charge < -0.3 is 9.47 Å². The summed E-state index contributed by atoms with van der Waals surface area (Å²) in [6.07, 6.45) is 6.01. The number of hydrogen-bond acceptors (Lipinski definition) is 8. The summed E-state index contributed by atoms with van der Waals surface area (Å²) in [6.45, 7) is 9.67. The van der Waals surface area contributed by atoms with E-state index in [-0.39, 0.29) is 33.0 Å². The van der Waals surface area contributed by atoms with Crippen molar-refractivity contribution in [2.75, 3.05) is 33.0 Å². The molecule has 0 amide bonds. The first kappa shape index (κ1) is 25.5. The van der Waals surface area contributed by atoms with Gasteiger partial charge in [0.15, 0.2) is 0 Å². The fraction of sp³-hybridized carbons (Fsp3) is 0.667. The van der Waals surface area contributed by atoms with Crippen LogP contribution in [0.1, 0.15) is 45.4 Å². The number of unbranched alkanes of at least 4 members (excludes halogenated alkanes) is 3. The minimum Gasteiger partial charge on any atom is -0.463 e. The van der Waals surface area contributed by atoms with E-state index in [9.17, 15) is 14.2 Å². The minimum atomic E-state index is -3.64. The van der Waals surface area contributed by atoms with Gasteiger partial charge in [-0.05, 0) is 32.1 Å². The summed E-state index contributed by atoms with van der Waals surface area (Å²) in [7, 11) is -3.64. The van der Waals surface area contributed by atoms with Crippen LogP contribution in [0.25, 0.3) is 0 Å². The van der Waals surface area contributed by atoms with Gasteiger partial charge in [0, 0.05) is 12.2 Å². The van der Waals surface area contributed by atoms with Crippen molar-refractivity contribution in [1.82, 2.24) is 0 Å². The molecular weight excluding hydrogens is 375 g/mol. The van der Waals surface area contributed by atoms with Crippen molar-refractivity contribution in [2.45, 2.75) is 45.4 Å². The van der Waals surface area contributed by atoms with E-state index in [0.717, 1.165) is 25.0 Å². The molecule has 0 saturated carbocycles. The summed E-state index contributed by atoms with van der Waals surface area (Å²) >= 11 is 0. The summed E-state index contributed by atoms with van der Waals surface area (Å²) in [6, 6.07) is 0. The second kappa shape index (κ2) is 16.7. The monoisotopic (exact) mass is 406 g/mol. The molecule has 0 aliphatic heterocycles. The van der Waals surface area contributed by atoms with Crippen molar-refractivity contribution in [2.24, 2.45) is 0 Å². The van der Waals surface area contributed by atoms with Crippen molar-refractivity contribution < 1.29 is 37.2 Å². The molecule has 0 bridgehead atoms. The summed E-state index contributed by atoms with van der Waals surface area (Å²) in [5.74, 6) is -0.960. The fourth-order valence-electron chi connectivity index (χ4n) is 1.66. The first-order valence-electron chi connectivity index (χ1n) is 9.09. The van der Waals surface area contributed by atoms with E-state index in [0.29, 0.717) is 25.7 Å². The molecule has 27 heavy (non-hydrogen) atoms. The Bertz CT molecular complexity index is 456. The van der Waals surface area contributed by atoms with E-state index < -0.39 is 19.8 Å². The SMILES string of the molecule is C=CC(=O)OCCCCOP(=O)(OCCCC)OCCCCOC(=O)C=C. The predicted molar refractivity (Wildman–Crippen MR) is 101 cm³/mol. The average Bonchev–Trinajstić information content (AvgIpc) is 2.67. The van der Waals surface area contributed by atoms with Crippen molar-refractivity contribution >= 4 is 19.8 Å². The van der Waals surface area contributed by atoms with Gasteiger partial charge in [-0.1, -0.05) is 26.5 Å². The van der Waals surface area contributed by atoms with Crippen molar-refractivity contribution in [1.29, 1.82) is 0 Å². The quantitative estimate of drug-likeness (QED) is 0.146. The Hall–Kier alpha value is -1.47. The molecule has 156 valence electrons. The second-order valence-corrected chi connectivity index (χ2v) is 7.13. The molecule has 0 radical (unpaired) electrons. The van der Waals surface area contributed by atoms with Crippen LogP contribution < -0.4 is 0 Å². The maximum atomic E-state index is 12.6. The molecule has 0 N–H and O–H groups in total. The Labute approximate surface area is 161 Å². The highest BCUT2D eigenvalue weighted by atomic mass is 31.2. The second-order valence-electron chi connectivity index (χ2n) is 5.46. The minimum absolute atomic E-state index is 0.159. The number of esters is 2. The topological polar surface area (TPSA) is 97.4 Å². The first-order chi connectivity index (χ1) is 13.0. The lowest BCUT2D eigenvalue weighted by atomic mass is 10.3. The van der Waals surface area contributed by atoms with E-state index in [4.69, 9.17) is 23.0 Å². The zero-order valence-corrected chi connectivity index (χ0v) is 17.0. The Morgan fingerprint density at radius 1 is 0.741 bits per heavy atom. The van der Waals surface area contributed by atoms with Crippen LogP contribution in [0, 0.1) is 0 Å². The third-order valence-electron chi connectivity index (χ3n) is 3.15. The van der Waals surface area contributed by atoms with Crippen LogP contribution in [0.15, 0.2) is 25.3 Å². The highest BCUT2D eigenvalue weighted by molar-refractivity contribution is 7.48. The number of carbonyl (C=O) groups is 2. The molecule has 0 heterocycles. The third kappa shape index (κ3) is 15.3. The Balaban J connectivity index is 4.08. The Morgan fingerprint density at radius 2 is 1.11 bits per heavy atom. The summed E-state index contributed by atoms with van der Waals surface area (Å²) in [5, 5.41) is 0. The molecule has 0 aliphatic carbocycles. The number of phosphoric ester groups is 1. The lowest BCUT2D eigenvalue weighted by molar-refractivity contribution is -0.138. The van der Waals surface area contributed by atoms with Gasteiger partial charge in [-0.2, -0.15) is 0 Å². The molecule has 0 aliphatic rings. The van der Waals surface area contributed by atoms with Gasteiger partial charge in [-0.15, -0.1) is 0 Å². The van der Waals surface area contributed by atoms with Gasteiger partial charge in [0.05, 0.1) is 33.0 Å². The van der Waals surface area contributed by atoms with Gasteiger partial charge in [-0.25, -0.2) is 14.2 Å². The molecule has 0 saturated heterocycles. The average molecular weight is 406 g/mol. The Kier molecular flexibility index (Phi) is 15.8. The van der Waals surface area contributed by atoms with Crippen molar-refractivity contribution in [3.05, 3.63) is 25.3 Å². The maximum absolute atomic E-state index is 12.6. The maximum Gasteiger partial charge on any atom is 0.474 e. The van der Waals surface area contributed by atoms with Crippen LogP contribution in [-0.4, -0.2) is 45.0 Å². The predicted octanol–water partition coefficient (Wildman–Crippen LogP) is 3.96. The normalized spacial score (nSPS) is 11.0. The fourth-order valence-corrected chi connectivity index (χ4v) is 2.94. The van der Waals surface area contributed by atoms with Gasteiger partial charge in [0.2, 0.25) is 0 Å². The highest BCUT2D eigenvalue weighted by Gasteiger charge is 2.26. The number of rotatable bonds is 18. The molecule has 0 spiro atoms. The van der Waals surface area contributed by atoms with E-state index in [1.165, 1.54) is 0 Å². The molecule has 0 rings (SSSR count). The first-order valence-corrected chi connectivity index (χ1v) is 10.6. The molecule has 0 aromatic carbocycles. The van der Waals surface area contributed by atoms with Crippen LogP contribution in [0.5, 0.6) is 0 Å². The summed E-state index contributed by atoms with van der Waals surface area (Å²) in [5.41, 5.74) is 0. The number of ether oxygens (including phenoxy) is 2. The standard InChI is InChI=1S/C18H31O8P/c1-4-7-14-24-27(21,25-15-10-8-12-22-17(19)5-2)26-16-11-9-13-23-18(20)6-3/h5-6H,2-4,7-16H2,1H3. The number of phosphoric acid groups is 1. The summed E-state index contributed by atoms with van der Waals surface area (Å²) < 4.78 is 38.2. The third-order valence-corrected chi connectivity index (χ3v) is 4.64. The van der Waals surface area contributed by atoms with Crippen molar-refractivity contribution in [3.63, 3.8) is 0 Å². The molecule has 0 atom stereocenters. The molecular formula is C18H31O8P. The van der Waals surface area contributed by atoms with E-state index in [2.05, 4.69) is 13.2 Å². The molecule has 0 unspecified atom stereocenters. The summed E-state index contributed by atoms with van der Waals surface area (Å²) in [4.78, 5) is 21.8. The molecule has 0 fully saturated rings. The van der Waals surface area contributed by atoms with Crippen LogP contribution >= 0.6 is 7.82 Å².